The van der Waals surface area contributed by atoms with E-state index in [1.54, 1.807) is 23.0 Å². The van der Waals surface area contributed by atoms with Gasteiger partial charge in [-0.2, -0.15) is 5.10 Å². The largest absolute Gasteiger partial charge is 0.363 e. The summed E-state index contributed by atoms with van der Waals surface area (Å²) in [7, 11) is 1.80. The summed E-state index contributed by atoms with van der Waals surface area (Å²) in [6.07, 6.45) is 3.97. The third-order valence-corrected chi connectivity index (χ3v) is 5.88. The van der Waals surface area contributed by atoms with Gasteiger partial charge < -0.3 is 14.5 Å². The van der Waals surface area contributed by atoms with Crippen LogP contribution < -0.4 is 4.90 Å². The molecule has 1 aromatic carbocycles. The van der Waals surface area contributed by atoms with E-state index in [0.717, 1.165) is 24.2 Å². The first kappa shape index (κ1) is 17.2. The van der Waals surface area contributed by atoms with Crippen LogP contribution in [0.1, 0.15) is 23.3 Å². The van der Waals surface area contributed by atoms with Crippen molar-refractivity contribution >= 4 is 17.6 Å². The first-order valence-electron chi connectivity index (χ1n) is 9.67. The first-order valence-corrected chi connectivity index (χ1v) is 9.67. The number of hydrogen-bond acceptors (Lipinski definition) is 4. The third-order valence-electron chi connectivity index (χ3n) is 5.88. The molecule has 2 saturated heterocycles. The number of benzene rings is 1. The lowest BCUT2D eigenvalue weighted by atomic mass is 9.95. The second-order valence-electron chi connectivity index (χ2n) is 7.63. The molecule has 5 rings (SSSR count). The van der Waals surface area contributed by atoms with Crippen LogP contribution in [0.3, 0.4) is 0 Å². The zero-order valence-electron chi connectivity index (χ0n) is 15.8. The van der Waals surface area contributed by atoms with E-state index in [0.29, 0.717) is 26.2 Å². The molecule has 3 aliphatic heterocycles. The lowest BCUT2D eigenvalue weighted by Crippen LogP contribution is -2.53. The van der Waals surface area contributed by atoms with Gasteiger partial charge in [0.2, 0.25) is 0 Å². The van der Waals surface area contributed by atoms with Crippen molar-refractivity contribution in [1.29, 1.82) is 0 Å². The number of ether oxygens (including phenoxy) is 1. The van der Waals surface area contributed by atoms with Gasteiger partial charge in [-0.1, -0.05) is 24.3 Å². The highest BCUT2D eigenvalue weighted by molar-refractivity contribution is 5.93. The molecule has 0 N–H and O–H groups in total. The summed E-state index contributed by atoms with van der Waals surface area (Å²) in [5, 5.41) is 4.42. The molecular weight excluding hydrogens is 358 g/mol. The van der Waals surface area contributed by atoms with Crippen LogP contribution in [0, 0.1) is 0 Å². The quantitative estimate of drug-likeness (QED) is 0.807. The van der Waals surface area contributed by atoms with Gasteiger partial charge in [0.1, 0.15) is 0 Å². The average molecular weight is 381 g/mol. The van der Waals surface area contributed by atoms with Crippen LogP contribution in [-0.4, -0.2) is 71.4 Å². The summed E-state index contributed by atoms with van der Waals surface area (Å²) in [5.41, 5.74) is 2.99. The highest BCUT2D eigenvalue weighted by Crippen LogP contribution is 2.32. The third kappa shape index (κ3) is 2.75. The van der Waals surface area contributed by atoms with Crippen LogP contribution in [0.4, 0.5) is 10.5 Å². The maximum absolute atomic E-state index is 12.9. The molecule has 28 heavy (non-hydrogen) atoms. The van der Waals surface area contributed by atoms with Gasteiger partial charge >= 0.3 is 6.03 Å². The molecule has 8 heteroatoms. The van der Waals surface area contributed by atoms with Gasteiger partial charge in [-0.25, -0.2) is 4.79 Å². The molecule has 4 heterocycles. The smallest absolute Gasteiger partial charge is 0.324 e. The van der Waals surface area contributed by atoms with Crippen LogP contribution in [0.15, 0.2) is 36.7 Å². The molecule has 0 radical (unpaired) electrons. The molecule has 0 spiro atoms. The Balaban J connectivity index is 1.24. The zero-order valence-corrected chi connectivity index (χ0v) is 15.8. The average Bonchev–Trinajstić information content (AvgIpc) is 3.27. The minimum atomic E-state index is -0.503. The molecule has 1 atom stereocenters. The van der Waals surface area contributed by atoms with Gasteiger partial charge in [0.25, 0.3) is 5.91 Å². The first-order chi connectivity index (χ1) is 13.6. The van der Waals surface area contributed by atoms with E-state index in [9.17, 15) is 9.59 Å². The van der Waals surface area contributed by atoms with Gasteiger partial charge in [-0.15, -0.1) is 0 Å². The Morgan fingerprint density at radius 3 is 2.82 bits per heavy atom. The molecule has 0 saturated carbocycles. The SMILES string of the molecule is CN1CCN(c2cnn(C3CN(C(=O)C4OCCc5ccccc54)C3)c2)C1=O. The number of carbonyl (C=O) groups excluding carboxylic acids is 2. The summed E-state index contributed by atoms with van der Waals surface area (Å²) >= 11 is 0. The Hall–Kier alpha value is -2.87. The number of rotatable bonds is 3. The fourth-order valence-electron chi connectivity index (χ4n) is 4.12. The number of carbonyl (C=O) groups is 2. The van der Waals surface area contributed by atoms with Crippen molar-refractivity contribution in [1.82, 2.24) is 19.6 Å². The van der Waals surface area contributed by atoms with E-state index in [1.165, 1.54) is 5.56 Å². The predicted molar refractivity (Wildman–Crippen MR) is 102 cm³/mol. The number of aromatic nitrogens is 2. The number of urea groups is 1. The molecule has 8 nitrogen and oxygen atoms in total. The normalized spacial score (nSPS) is 22.4. The highest BCUT2D eigenvalue weighted by atomic mass is 16.5. The van der Waals surface area contributed by atoms with Crippen molar-refractivity contribution in [2.45, 2.75) is 18.6 Å². The molecule has 0 bridgehead atoms. The number of fused-ring (bicyclic) bond motifs is 1. The predicted octanol–water partition coefficient (Wildman–Crippen LogP) is 1.45. The molecule has 2 aromatic rings. The van der Waals surface area contributed by atoms with Crippen molar-refractivity contribution in [3.63, 3.8) is 0 Å². The van der Waals surface area contributed by atoms with Gasteiger partial charge in [0.05, 0.1) is 24.5 Å². The Morgan fingerprint density at radius 2 is 2.04 bits per heavy atom. The van der Waals surface area contributed by atoms with Crippen molar-refractivity contribution in [2.75, 3.05) is 44.7 Å². The molecule has 3 aliphatic rings. The number of likely N-dealkylation sites (tertiary alicyclic amines) is 1. The van der Waals surface area contributed by atoms with E-state index in [4.69, 9.17) is 4.74 Å². The minimum absolute atomic E-state index is 0.00178. The Bertz CT molecular complexity index is 920. The fourth-order valence-corrected chi connectivity index (χ4v) is 4.12. The lowest BCUT2D eigenvalue weighted by Gasteiger charge is -2.41. The summed E-state index contributed by atoms with van der Waals surface area (Å²) in [6, 6.07) is 8.14. The minimum Gasteiger partial charge on any atom is -0.363 e. The molecule has 1 aromatic heterocycles. The van der Waals surface area contributed by atoms with Crippen molar-refractivity contribution < 1.29 is 14.3 Å². The maximum atomic E-state index is 12.9. The van der Waals surface area contributed by atoms with E-state index in [-0.39, 0.29) is 18.0 Å². The summed E-state index contributed by atoms with van der Waals surface area (Å²) in [6.45, 7) is 3.19. The number of likely N-dealkylation sites (N-methyl/N-ethyl adjacent to an activating group) is 1. The Kier molecular flexibility index (Phi) is 4.08. The number of anilines is 1. The standard InChI is InChI=1S/C20H23N5O3/c1-22-7-8-24(20(22)27)15-10-21-25(13-15)16-11-23(12-16)19(26)18-17-5-3-2-4-14(17)6-9-28-18/h2-5,10,13,16,18H,6-9,11-12H2,1H3. The topological polar surface area (TPSA) is 70.9 Å². The van der Waals surface area contributed by atoms with Crippen molar-refractivity contribution in [3.8, 4) is 0 Å². The summed E-state index contributed by atoms with van der Waals surface area (Å²) in [4.78, 5) is 30.3. The number of hydrogen-bond donors (Lipinski definition) is 0. The molecular formula is C20H23N5O3. The van der Waals surface area contributed by atoms with Crippen molar-refractivity contribution in [2.24, 2.45) is 0 Å². The van der Waals surface area contributed by atoms with E-state index in [2.05, 4.69) is 11.2 Å². The summed E-state index contributed by atoms with van der Waals surface area (Å²) in [5.74, 6) is 0.0205. The zero-order chi connectivity index (χ0) is 19.3. The van der Waals surface area contributed by atoms with Crippen LogP contribution in [0.5, 0.6) is 0 Å². The van der Waals surface area contributed by atoms with E-state index in [1.807, 2.05) is 34.0 Å². The molecule has 0 aliphatic carbocycles. The van der Waals surface area contributed by atoms with Gasteiger partial charge in [-0.05, 0) is 17.5 Å². The van der Waals surface area contributed by atoms with Crippen LogP contribution in [0.2, 0.25) is 0 Å². The second kappa shape index (κ2) is 6.63. The molecule has 2 fully saturated rings. The lowest BCUT2D eigenvalue weighted by molar-refractivity contribution is -0.151. The van der Waals surface area contributed by atoms with E-state index < -0.39 is 6.10 Å². The number of nitrogens with zero attached hydrogens (tertiary/aromatic N) is 5. The molecule has 1 unspecified atom stereocenters. The Morgan fingerprint density at radius 1 is 1.21 bits per heavy atom. The molecule has 146 valence electrons. The van der Waals surface area contributed by atoms with Crippen molar-refractivity contribution in [3.05, 3.63) is 47.8 Å². The van der Waals surface area contributed by atoms with Crippen LogP contribution in [-0.2, 0) is 16.0 Å². The van der Waals surface area contributed by atoms with Gasteiger partial charge in [-0.3, -0.25) is 14.4 Å². The second-order valence-corrected chi connectivity index (χ2v) is 7.63. The summed E-state index contributed by atoms with van der Waals surface area (Å²) < 4.78 is 7.66. The van der Waals surface area contributed by atoms with E-state index >= 15 is 0 Å². The van der Waals surface area contributed by atoms with Gasteiger partial charge in [0.15, 0.2) is 6.10 Å². The molecule has 3 amide bonds. The Labute approximate surface area is 163 Å². The highest BCUT2D eigenvalue weighted by Gasteiger charge is 2.39. The maximum Gasteiger partial charge on any atom is 0.324 e. The van der Waals surface area contributed by atoms with Crippen LogP contribution in [0.25, 0.3) is 0 Å². The number of amides is 3. The van der Waals surface area contributed by atoms with Crippen LogP contribution >= 0.6 is 0 Å². The monoisotopic (exact) mass is 381 g/mol. The van der Waals surface area contributed by atoms with Gasteiger partial charge in [0, 0.05) is 39.4 Å². The fraction of sp³-hybridized carbons (Fsp3) is 0.450.